The molecule has 0 fully saturated rings. The van der Waals surface area contributed by atoms with E-state index in [2.05, 4.69) is 27.9 Å². The molecule has 0 aliphatic carbocycles. The molecule has 1 amide bonds. The topological polar surface area (TPSA) is 66.4 Å². The lowest BCUT2D eigenvalue weighted by atomic mass is 9.88. The minimum atomic E-state index is -1.84. The number of ketones is 1. The number of fused-ring (bicyclic) bond motifs is 1. The number of amides is 1. The summed E-state index contributed by atoms with van der Waals surface area (Å²) in [5.74, 6) is -0.896. The fourth-order valence-corrected chi connectivity index (χ4v) is 3.08. The SMILES string of the molecule is O=C(C[C@]1(O)C(=O)Nc2ccc(I)cc21)c1ccc(Cl)cc1. The normalized spacial score (nSPS) is 19.7. The van der Waals surface area contributed by atoms with Gasteiger partial charge in [0.1, 0.15) is 0 Å². The summed E-state index contributed by atoms with van der Waals surface area (Å²) in [6, 6.07) is 11.6. The van der Waals surface area contributed by atoms with Gasteiger partial charge >= 0.3 is 0 Å². The molecule has 0 aromatic heterocycles. The molecule has 1 aliphatic rings. The second kappa shape index (κ2) is 5.64. The summed E-state index contributed by atoms with van der Waals surface area (Å²) in [6.07, 6.45) is -0.312. The van der Waals surface area contributed by atoms with E-state index in [1.165, 1.54) is 0 Å². The van der Waals surface area contributed by atoms with Crippen molar-refractivity contribution in [3.8, 4) is 0 Å². The van der Waals surface area contributed by atoms with Crippen LogP contribution in [0.5, 0.6) is 0 Å². The first-order chi connectivity index (χ1) is 10.4. The van der Waals surface area contributed by atoms with Crippen LogP contribution < -0.4 is 5.32 Å². The minimum Gasteiger partial charge on any atom is -0.375 e. The van der Waals surface area contributed by atoms with E-state index in [0.29, 0.717) is 21.8 Å². The van der Waals surface area contributed by atoms with Crippen molar-refractivity contribution in [1.82, 2.24) is 0 Å². The molecule has 1 atom stereocenters. The second-order valence-corrected chi connectivity index (χ2v) is 6.79. The first-order valence-corrected chi connectivity index (χ1v) is 7.98. The highest BCUT2D eigenvalue weighted by molar-refractivity contribution is 14.1. The van der Waals surface area contributed by atoms with E-state index in [4.69, 9.17) is 11.6 Å². The lowest BCUT2D eigenvalue weighted by Gasteiger charge is -2.20. The molecule has 0 spiro atoms. The van der Waals surface area contributed by atoms with Crippen LogP contribution in [0.15, 0.2) is 42.5 Å². The van der Waals surface area contributed by atoms with Crippen LogP contribution >= 0.6 is 34.2 Å². The third-order valence-corrected chi connectivity index (χ3v) is 4.56. The van der Waals surface area contributed by atoms with Gasteiger partial charge in [0.15, 0.2) is 11.4 Å². The van der Waals surface area contributed by atoms with Crippen LogP contribution in [0.3, 0.4) is 0 Å². The average molecular weight is 428 g/mol. The van der Waals surface area contributed by atoms with Crippen LogP contribution in [0.25, 0.3) is 0 Å². The molecule has 2 aromatic rings. The summed E-state index contributed by atoms with van der Waals surface area (Å²) >= 11 is 7.89. The average Bonchev–Trinajstić information content (AvgIpc) is 2.71. The molecule has 0 saturated carbocycles. The maximum atomic E-state index is 12.4. The summed E-state index contributed by atoms with van der Waals surface area (Å²) in [5.41, 5.74) is -0.457. The number of halogens is 2. The van der Waals surface area contributed by atoms with Crippen molar-refractivity contribution < 1.29 is 14.7 Å². The van der Waals surface area contributed by atoms with Crippen molar-refractivity contribution in [3.05, 3.63) is 62.2 Å². The van der Waals surface area contributed by atoms with Gasteiger partial charge in [-0.05, 0) is 65.1 Å². The molecule has 2 N–H and O–H groups in total. The maximum absolute atomic E-state index is 12.4. The number of nitrogens with one attached hydrogen (secondary N) is 1. The minimum absolute atomic E-state index is 0.312. The number of hydrogen-bond acceptors (Lipinski definition) is 3. The summed E-state index contributed by atoms with van der Waals surface area (Å²) in [5, 5.41) is 13.9. The highest BCUT2D eigenvalue weighted by atomic mass is 127. The van der Waals surface area contributed by atoms with Crippen LogP contribution in [-0.4, -0.2) is 16.8 Å². The van der Waals surface area contributed by atoms with Crippen LogP contribution in [0.2, 0.25) is 5.02 Å². The second-order valence-electron chi connectivity index (χ2n) is 5.11. The molecule has 22 heavy (non-hydrogen) atoms. The number of anilines is 1. The Labute approximate surface area is 145 Å². The predicted molar refractivity (Wildman–Crippen MR) is 92.1 cm³/mol. The smallest absolute Gasteiger partial charge is 0.261 e. The lowest BCUT2D eigenvalue weighted by Crippen LogP contribution is -2.36. The Kier molecular flexibility index (Phi) is 3.96. The van der Waals surface area contributed by atoms with Gasteiger partial charge in [-0.2, -0.15) is 0 Å². The molecular formula is C16H11ClINO3. The summed E-state index contributed by atoms with van der Waals surface area (Å²) in [7, 11) is 0. The van der Waals surface area contributed by atoms with E-state index in [1.54, 1.807) is 36.4 Å². The fraction of sp³-hybridized carbons (Fsp3) is 0.125. The zero-order valence-electron chi connectivity index (χ0n) is 11.3. The third kappa shape index (κ3) is 2.64. The van der Waals surface area contributed by atoms with Crippen LogP contribution in [0.1, 0.15) is 22.3 Å². The van der Waals surface area contributed by atoms with E-state index in [1.807, 2.05) is 6.07 Å². The van der Waals surface area contributed by atoms with E-state index in [0.717, 1.165) is 3.57 Å². The molecule has 2 aromatic carbocycles. The Bertz CT molecular complexity index is 775. The van der Waals surface area contributed by atoms with Crippen molar-refractivity contribution >= 4 is 51.6 Å². The van der Waals surface area contributed by atoms with Crippen LogP contribution in [0, 0.1) is 3.57 Å². The number of aliphatic hydroxyl groups is 1. The first kappa shape index (κ1) is 15.5. The number of rotatable bonds is 3. The fourth-order valence-electron chi connectivity index (χ4n) is 2.46. The number of carbonyl (C=O) groups is 2. The Morgan fingerprint density at radius 2 is 1.91 bits per heavy atom. The highest BCUT2D eigenvalue weighted by Crippen LogP contribution is 2.39. The van der Waals surface area contributed by atoms with Gasteiger partial charge in [0.05, 0.1) is 6.42 Å². The first-order valence-electron chi connectivity index (χ1n) is 6.53. The lowest BCUT2D eigenvalue weighted by molar-refractivity contribution is -0.133. The monoisotopic (exact) mass is 427 g/mol. The van der Waals surface area contributed by atoms with E-state index >= 15 is 0 Å². The number of benzene rings is 2. The quantitative estimate of drug-likeness (QED) is 0.583. The van der Waals surface area contributed by atoms with Crippen molar-refractivity contribution in [2.75, 3.05) is 5.32 Å². The van der Waals surface area contributed by atoms with Gasteiger partial charge in [0, 0.05) is 25.4 Å². The van der Waals surface area contributed by atoms with Gasteiger partial charge in [-0.1, -0.05) is 11.6 Å². The highest BCUT2D eigenvalue weighted by Gasteiger charge is 2.46. The van der Waals surface area contributed by atoms with Crippen molar-refractivity contribution in [2.45, 2.75) is 12.0 Å². The molecule has 0 unspecified atom stereocenters. The molecular weight excluding hydrogens is 417 g/mol. The Balaban J connectivity index is 1.94. The van der Waals surface area contributed by atoms with Gasteiger partial charge < -0.3 is 10.4 Å². The Morgan fingerprint density at radius 1 is 1.23 bits per heavy atom. The van der Waals surface area contributed by atoms with Gasteiger partial charge in [-0.25, -0.2) is 0 Å². The van der Waals surface area contributed by atoms with Gasteiger partial charge in [0.25, 0.3) is 5.91 Å². The zero-order chi connectivity index (χ0) is 15.9. The van der Waals surface area contributed by atoms with Crippen molar-refractivity contribution in [1.29, 1.82) is 0 Å². The molecule has 6 heteroatoms. The maximum Gasteiger partial charge on any atom is 0.261 e. The molecule has 3 rings (SSSR count). The molecule has 1 heterocycles. The third-order valence-electron chi connectivity index (χ3n) is 3.63. The van der Waals surface area contributed by atoms with E-state index in [-0.39, 0.29) is 12.2 Å². The number of carbonyl (C=O) groups excluding carboxylic acids is 2. The summed E-state index contributed by atoms with van der Waals surface area (Å²) in [4.78, 5) is 24.5. The van der Waals surface area contributed by atoms with Crippen molar-refractivity contribution in [3.63, 3.8) is 0 Å². The van der Waals surface area contributed by atoms with E-state index in [9.17, 15) is 14.7 Å². The van der Waals surface area contributed by atoms with Gasteiger partial charge in [-0.15, -0.1) is 0 Å². The van der Waals surface area contributed by atoms with Gasteiger partial charge in [0.2, 0.25) is 0 Å². The number of hydrogen-bond donors (Lipinski definition) is 2. The van der Waals surface area contributed by atoms with Crippen molar-refractivity contribution in [2.24, 2.45) is 0 Å². The predicted octanol–water partition coefficient (Wildman–Crippen LogP) is 3.36. The van der Waals surface area contributed by atoms with E-state index < -0.39 is 11.5 Å². The molecule has 0 radical (unpaired) electrons. The Hall–Kier alpha value is -1.44. The molecule has 112 valence electrons. The Morgan fingerprint density at radius 3 is 2.59 bits per heavy atom. The molecule has 0 saturated heterocycles. The summed E-state index contributed by atoms with van der Waals surface area (Å²) < 4.78 is 0.880. The van der Waals surface area contributed by atoms with Gasteiger partial charge in [-0.3, -0.25) is 9.59 Å². The molecule has 1 aliphatic heterocycles. The molecule has 0 bridgehead atoms. The van der Waals surface area contributed by atoms with Crippen LogP contribution in [-0.2, 0) is 10.4 Å². The standard InChI is InChI=1S/C16H11ClINO3/c17-10-3-1-9(2-4-10)14(20)8-16(22)12-7-11(18)5-6-13(12)19-15(16)21/h1-7,22H,8H2,(H,19,21)/t16-/m1/s1. The zero-order valence-corrected chi connectivity index (χ0v) is 14.2. The number of Topliss-reactive ketones (excluding diaryl/α,β-unsaturated/α-hetero) is 1. The van der Waals surface area contributed by atoms with Crippen LogP contribution in [0.4, 0.5) is 5.69 Å². The largest absolute Gasteiger partial charge is 0.375 e. The summed E-state index contributed by atoms with van der Waals surface area (Å²) in [6.45, 7) is 0. The molecule has 4 nitrogen and oxygen atoms in total.